The Kier molecular flexibility index (Phi) is 5.03. The van der Waals surface area contributed by atoms with E-state index in [0.717, 1.165) is 10.9 Å². The molecule has 0 fully saturated rings. The SMILES string of the molecule is COC(=O)c1ccc(O)c(-c2nc(NCc3cccnc3)c3ccccc3n2)c1. The number of rotatable bonds is 5. The number of nitrogens with zero attached hydrogens (tertiary/aromatic N) is 3. The van der Waals surface area contributed by atoms with E-state index >= 15 is 0 Å². The summed E-state index contributed by atoms with van der Waals surface area (Å²) in [6.07, 6.45) is 3.50. The number of phenolic OH excluding ortho intramolecular Hbond substituents is 1. The third-order valence-electron chi connectivity index (χ3n) is 4.44. The summed E-state index contributed by atoms with van der Waals surface area (Å²) in [6.45, 7) is 0.530. The monoisotopic (exact) mass is 386 g/mol. The van der Waals surface area contributed by atoms with Crippen LogP contribution in [0.25, 0.3) is 22.3 Å². The van der Waals surface area contributed by atoms with Crippen LogP contribution in [0.5, 0.6) is 5.75 Å². The third-order valence-corrected chi connectivity index (χ3v) is 4.44. The zero-order valence-electron chi connectivity index (χ0n) is 15.7. The molecule has 144 valence electrons. The molecule has 0 bridgehead atoms. The van der Waals surface area contributed by atoms with Crippen LogP contribution in [-0.4, -0.2) is 33.1 Å². The van der Waals surface area contributed by atoms with Crippen LogP contribution in [-0.2, 0) is 11.3 Å². The summed E-state index contributed by atoms with van der Waals surface area (Å²) in [7, 11) is 1.31. The molecule has 4 rings (SSSR count). The summed E-state index contributed by atoms with van der Waals surface area (Å²) in [5, 5.41) is 14.5. The Labute approximate surface area is 167 Å². The number of fused-ring (bicyclic) bond motifs is 1. The van der Waals surface area contributed by atoms with E-state index in [9.17, 15) is 9.90 Å². The van der Waals surface area contributed by atoms with Crippen molar-refractivity contribution in [2.24, 2.45) is 0 Å². The Morgan fingerprint density at radius 1 is 1.10 bits per heavy atom. The zero-order valence-corrected chi connectivity index (χ0v) is 15.7. The van der Waals surface area contributed by atoms with Crippen LogP contribution >= 0.6 is 0 Å². The predicted molar refractivity (Wildman–Crippen MR) is 110 cm³/mol. The van der Waals surface area contributed by atoms with Crippen molar-refractivity contribution in [1.82, 2.24) is 15.0 Å². The fourth-order valence-corrected chi connectivity index (χ4v) is 2.98. The van der Waals surface area contributed by atoms with Crippen molar-refractivity contribution in [1.29, 1.82) is 0 Å². The minimum atomic E-state index is -0.498. The molecule has 0 unspecified atom stereocenters. The highest BCUT2D eigenvalue weighted by Gasteiger charge is 2.15. The topological polar surface area (TPSA) is 97.2 Å². The number of aromatic hydroxyl groups is 1. The number of methoxy groups -OCH3 is 1. The molecule has 2 aromatic heterocycles. The highest BCUT2D eigenvalue weighted by atomic mass is 16.5. The lowest BCUT2D eigenvalue weighted by molar-refractivity contribution is 0.0601. The molecule has 0 atom stereocenters. The largest absolute Gasteiger partial charge is 0.507 e. The van der Waals surface area contributed by atoms with Gasteiger partial charge < -0.3 is 15.2 Å². The lowest BCUT2D eigenvalue weighted by Gasteiger charge is -2.12. The van der Waals surface area contributed by atoms with Gasteiger partial charge in [0.05, 0.1) is 23.8 Å². The molecule has 0 aliphatic carbocycles. The second-order valence-corrected chi connectivity index (χ2v) is 6.35. The Balaban J connectivity index is 1.79. The molecule has 0 amide bonds. The third kappa shape index (κ3) is 3.84. The van der Waals surface area contributed by atoms with E-state index in [1.54, 1.807) is 12.4 Å². The Morgan fingerprint density at radius 2 is 1.97 bits per heavy atom. The number of hydrogen-bond acceptors (Lipinski definition) is 7. The molecule has 0 radical (unpaired) electrons. The van der Waals surface area contributed by atoms with Crippen LogP contribution < -0.4 is 5.32 Å². The van der Waals surface area contributed by atoms with Gasteiger partial charge in [0.25, 0.3) is 0 Å². The van der Waals surface area contributed by atoms with Gasteiger partial charge in [-0.2, -0.15) is 0 Å². The maximum absolute atomic E-state index is 11.9. The smallest absolute Gasteiger partial charge is 0.337 e. The molecule has 0 aliphatic rings. The minimum Gasteiger partial charge on any atom is -0.507 e. The summed E-state index contributed by atoms with van der Waals surface area (Å²) < 4.78 is 4.77. The molecule has 0 saturated heterocycles. The van der Waals surface area contributed by atoms with Crippen molar-refractivity contribution in [3.05, 3.63) is 78.1 Å². The van der Waals surface area contributed by atoms with E-state index in [4.69, 9.17) is 4.74 Å². The molecular formula is C22H18N4O3. The van der Waals surface area contributed by atoms with Gasteiger partial charge in [0, 0.05) is 24.3 Å². The number of phenols is 1. The quantitative estimate of drug-likeness (QED) is 0.504. The van der Waals surface area contributed by atoms with E-state index < -0.39 is 5.97 Å². The van der Waals surface area contributed by atoms with Gasteiger partial charge in [-0.3, -0.25) is 4.98 Å². The number of hydrogen-bond donors (Lipinski definition) is 2. The average Bonchev–Trinajstić information content (AvgIpc) is 2.77. The van der Waals surface area contributed by atoms with Gasteiger partial charge in [0.1, 0.15) is 11.6 Å². The van der Waals surface area contributed by atoms with E-state index in [2.05, 4.69) is 20.3 Å². The van der Waals surface area contributed by atoms with Crippen LogP contribution in [0, 0.1) is 0 Å². The normalized spacial score (nSPS) is 10.7. The fourth-order valence-electron chi connectivity index (χ4n) is 2.98. The Hall–Kier alpha value is -4.00. The number of para-hydroxylation sites is 1. The number of benzene rings is 2. The summed E-state index contributed by atoms with van der Waals surface area (Å²) in [5.74, 6) is 0.408. The highest BCUT2D eigenvalue weighted by molar-refractivity contribution is 5.93. The van der Waals surface area contributed by atoms with Crippen molar-refractivity contribution < 1.29 is 14.6 Å². The summed E-state index contributed by atoms with van der Waals surface area (Å²) in [6, 6.07) is 15.9. The number of esters is 1. The lowest BCUT2D eigenvalue weighted by atomic mass is 10.1. The molecule has 2 N–H and O–H groups in total. The predicted octanol–water partition coefficient (Wildman–Crippen LogP) is 3.80. The maximum Gasteiger partial charge on any atom is 0.337 e. The van der Waals surface area contributed by atoms with Crippen molar-refractivity contribution >= 4 is 22.7 Å². The number of anilines is 1. The molecule has 7 nitrogen and oxygen atoms in total. The van der Waals surface area contributed by atoms with Crippen molar-refractivity contribution in [3.63, 3.8) is 0 Å². The molecule has 2 heterocycles. The first-order chi connectivity index (χ1) is 14.2. The highest BCUT2D eigenvalue weighted by Crippen LogP contribution is 2.31. The molecule has 0 aliphatic heterocycles. The zero-order chi connectivity index (χ0) is 20.2. The van der Waals surface area contributed by atoms with Gasteiger partial charge in [-0.25, -0.2) is 14.8 Å². The first kappa shape index (κ1) is 18.4. The van der Waals surface area contributed by atoms with Gasteiger partial charge >= 0.3 is 5.97 Å². The number of carbonyl (C=O) groups is 1. The van der Waals surface area contributed by atoms with Gasteiger partial charge in [-0.05, 0) is 42.0 Å². The molecule has 0 spiro atoms. The molecule has 29 heavy (non-hydrogen) atoms. The van der Waals surface area contributed by atoms with Crippen LogP contribution in [0.3, 0.4) is 0 Å². The lowest BCUT2D eigenvalue weighted by Crippen LogP contribution is -2.05. The molecule has 0 saturated carbocycles. The number of ether oxygens (including phenoxy) is 1. The van der Waals surface area contributed by atoms with Gasteiger partial charge in [-0.15, -0.1) is 0 Å². The van der Waals surface area contributed by atoms with Crippen molar-refractivity contribution in [2.75, 3.05) is 12.4 Å². The molecular weight excluding hydrogens is 368 g/mol. The Bertz CT molecular complexity index is 1180. The fraction of sp³-hybridized carbons (Fsp3) is 0.0909. The van der Waals surface area contributed by atoms with Crippen molar-refractivity contribution in [2.45, 2.75) is 6.54 Å². The van der Waals surface area contributed by atoms with E-state index in [0.29, 0.717) is 34.8 Å². The van der Waals surface area contributed by atoms with E-state index in [1.807, 2.05) is 36.4 Å². The minimum absolute atomic E-state index is 0.0221. The van der Waals surface area contributed by atoms with E-state index in [1.165, 1.54) is 25.3 Å². The maximum atomic E-state index is 11.9. The number of pyridine rings is 1. The number of aromatic nitrogens is 3. The van der Waals surface area contributed by atoms with Crippen LogP contribution in [0.15, 0.2) is 67.0 Å². The summed E-state index contributed by atoms with van der Waals surface area (Å²) in [4.78, 5) is 25.2. The summed E-state index contributed by atoms with van der Waals surface area (Å²) in [5.41, 5.74) is 2.38. The van der Waals surface area contributed by atoms with Crippen LogP contribution in [0.2, 0.25) is 0 Å². The van der Waals surface area contributed by atoms with Gasteiger partial charge in [-0.1, -0.05) is 18.2 Å². The number of carbonyl (C=O) groups excluding carboxylic acids is 1. The molecule has 4 aromatic rings. The van der Waals surface area contributed by atoms with Crippen LogP contribution in [0.4, 0.5) is 5.82 Å². The molecule has 2 aromatic carbocycles. The average molecular weight is 386 g/mol. The van der Waals surface area contributed by atoms with E-state index in [-0.39, 0.29) is 5.75 Å². The summed E-state index contributed by atoms with van der Waals surface area (Å²) >= 11 is 0. The van der Waals surface area contributed by atoms with Gasteiger partial charge in [0.15, 0.2) is 5.82 Å². The van der Waals surface area contributed by atoms with Crippen molar-refractivity contribution in [3.8, 4) is 17.1 Å². The first-order valence-electron chi connectivity index (χ1n) is 8.97. The number of nitrogens with one attached hydrogen (secondary N) is 1. The second kappa shape index (κ2) is 7.93. The second-order valence-electron chi connectivity index (χ2n) is 6.35. The standard InChI is InChI=1S/C22H18N4O3/c1-29-22(28)15-8-9-19(27)17(11-15)21-25-18-7-3-2-6-16(18)20(26-21)24-13-14-5-4-10-23-12-14/h2-12,27H,13H2,1H3,(H,24,25,26). The molecule has 7 heteroatoms. The first-order valence-corrected chi connectivity index (χ1v) is 8.97. The van der Waals surface area contributed by atoms with Gasteiger partial charge in [0.2, 0.25) is 0 Å². The Morgan fingerprint density at radius 3 is 2.76 bits per heavy atom. The van der Waals surface area contributed by atoms with Crippen LogP contribution in [0.1, 0.15) is 15.9 Å².